The number of rotatable bonds is 6. The minimum Gasteiger partial charge on any atom is -0.366 e. The van der Waals surface area contributed by atoms with Crippen LogP contribution in [-0.4, -0.2) is 31.0 Å². The molecule has 0 spiro atoms. The zero-order valence-electron chi connectivity index (χ0n) is 20.6. The van der Waals surface area contributed by atoms with E-state index >= 15 is 0 Å². The third-order valence-corrected chi connectivity index (χ3v) is 4.71. The third-order valence-electron chi connectivity index (χ3n) is 4.45. The van der Waals surface area contributed by atoms with Crippen molar-refractivity contribution in [1.29, 1.82) is 0 Å². The van der Waals surface area contributed by atoms with Crippen LogP contribution < -0.4 is 0 Å². The lowest BCUT2D eigenvalue weighted by Crippen LogP contribution is -2.31. The number of hydrogen-bond donors (Lipinski definition) is 0. The molecular formula is C21H26ClNO. The highest BCUT2D eigenvalue weighted by molar-refractivity contribution is 6.30. The monoisotopic (exact) mass is 350 g/mol. The van der Waals surface area contributed by atoms with E-state index in [0.717, 1.165) is 4.90 Å². The van der Waals surface area contributed by atoms with Crippen LogP contribution in [0, 0.1) is 0 Å². The molecule has 1 saturated heterocycles. The van der Waals surface area contributed by atoms with Gasteiger partial charge < -0.3 is 9.64 Å². The molecule has 1 heterocycles. The molecule has 3 rings (SSSR count). The SMILES string of the molecule is [2H]C([2H])([2H])N1CCC[C@@H]1C([2H])([2H])C([2H])([2H])OC(C)(c1ccccc1)c1ccc(Cl)cc1. The van der Waals surface area contributed by atoms with E-state index < -0.39 is 31.6 Å². The summed E-state index contributed by atoms with van der Waals surface area (Å²) >= 11 is 6.02. The van der Waals surface area contributed by atoms with Gasteiger partial charge in [-0.15, -0.1) is 0 Å². The summed E-state index contributed by atoms with van der Waals surface area (Å²) in [6, 6.07) is 14.6. The molecule has 0 aromatic heterocycles. The average Bonchev–Trinajstić information content (AvgIpc) is 3.20. The lowest BCUT2D eigenvalue weighted by molar-refractivity contribution is -0.0117. The van der Waals surface area contributed by atoms with Gasteiger partial charge in [-0.3, -0.25) is 0 Å². The van der Waals surface area contributed by atoms with Crippen LogP contribution >= 0.6 is 11.6 Å². The minimum absolute atomic E-state index is 0.184. The van der Waals surface area contributed by atoms with Gasteiger partial charge in [-0.05, 0) is 62.9 Å². The molecule has 2 nitrogen and oxygen atoms in total. The largest absolute Gasteiger partial charge is 0.366 e. The molecule has 1 unspecified atom stereocenters. The summed E-state index contributed by atoms with van der Waals surface area (Å²) in [7, 11) is 0. The highest BCUT2D eigenvalue weighted by Crippen LogP contribution is 2.34. The fourth-order valence-electron chi connectivity index (χ4n) is 2.92. The predicted octanol–water partition coefficient (Wildman–Crippen LogP) is 5.10. The van der Waals surface area contributed by atoms with E-state index in [1.54, 1.807) is 55.5 Å². The number of likely N-dealkylation sites (tertiary alicyclic amines) is 1. The maximum atomic E-state index is 8.63. The van der Waals surface area contributed by atoms with E-state index in [1.807, 2.05) is 6.07 Å². The van der Waals surface area contributed by atoms with Crippen LogP contribution in [0.15, 0.2) is 54.6 Å². The topological polar surface area (TPSA) is 12.5 Å². The molecule has 128 valence electrons. The van der Waals surface area contributed by atoms with Crippen LogP contribution in [-0.2, 0) is 10.3 Å². The van der Waals surface area contributed by atoms with Crippen LogP contribution in [0.3, 0.4) is 0 Å². The molecule has 3 heteroatoms. The Bertz CT molecular complexity index is 889. The minimum atomic E-state index is -2.80. The van der Waals surface area contributed by atoms with E-state index in [0.29, 0.717) is 22.6 Å². The highest BCUT2D eigenvalue weighted by Gasteiger charge is 2.30. The van der Waals surface area contributed by atoms with Crippen molar-refractivity contribution in [2.75, 3.05) is 20.1 Å². The summed E-state index contributed by atoms with van der Waals surface area (Å²) < 4.78 is 63.7. The van der Waals surface area contributed by atoms with Crippen LogP contribution in [0.25, 0.3) is 0 Å². The Hall–Kier alpha value is -1.35. The van der Waals surface area contributed by atoms with Crippen LogP contribution in [0.5, 0.6) is 0 Å². The van der Waals surface area contributed by atoms with Crippen molar-refractivity contribution in [2.45, 2.75) is 37.8 Å². The first-order valence-electron chi connectivity index (χ1n) is 11.6. The van der Waals surface area contributed by atoms with Gasteiger partial charge >= 0.3 is 0 Å². The lowest BCUT2D eigenvalue weighted by Gasteiger charge is -2.32. The Labute approximate surface area is 160 Å². The van der Waals surface area contributed by atoms with Crippen LogP contribution in [0.4, 0.5) is 0 Å². The Morgan fingerprint density at radius 2 is 1.92 bits per heavy atom. The zero-order valence-corrected chi connectivity index (χ0v) is 14.4. The molecule has 2 aromatic rings. The van der Waals surface area contributed by atoms with Gasteiger partial charge in [0, 0.05) is 24.5 Å². The molecular weight excluding hydrogens is 318 g/mol. The highest BCUT2D eigenvalue weighted by atomic mass is 35.5. The van der Waals surface area contributed by atoms with Gasteiger partial charge in [0.15, 0.2) is 0 Å². The molecule has 24 heavy (non-hydrogen) atoms. The van der Waals surface area contributed by atoms with Crippen molar-refractivity contribution in [1.82, 2.24) is 4.90 Å². The summed E-state index contributed by atoms with van der Waals surface area (Å²) in [5, 5.41) is 0.511. The molecule has 0 aliphatic carbocycles. The van der Waals surface area contributed by atoms with Gasteiger partial charge in [0.25, 0.3) is 0 Å². The number of benzene rings is 2. The second-order valence-corrected chi connectivity index (χ2v) is 6.54. The second kappa shape index (κ2) is 7.69. The van der Waals surface area contributed by atoms with Crippen molar-refractivity contribution in [3.8, 4) is 0 Å². The Morgan fingerprint density at radius 1 is 1.21 bits per heavy atom. The number of halogens is 1. The third kappa shape index (κ3) is 3.83. The first-order chi connectivity index (χ1) is 14.3. The molecule has 0 amide bonds. The van der Waals surface area contributed by atoms with Crippen molar-refractivity contribution < 1.29 is 14.3 Å². The summed E-state index contributed by atoms with van der Waals surface area (Å²) in [5.41, 5.74) is -0.107. The number of hydrogen-bond acceptors (Lipinski definition) is 2. The fourth-order valence-corrected chi connectivity index (χ4v) is 3.05. The average molecular weight is 351 g/mol. The Balaban J connectivity index is 2.03. The summed E-state index contributed by atoms with van der Waals surface area (Å²) in [6.07, 6.45) is -1.87. The van der Waals surface area contributed by atoms with Crippen molar-refractivity contribution >= 4 is 11.6 Å². The van der Waals surface area contributed by atoms with Crippen molar-refractivity contribution in [3.05, 3.63) is 70.7 Å². The van der Waals surface area contributed by atoms with Gasteiger partial charge in [-0.1, -0.05) is 54.1 Å². The standard InChI is InChI=1S/C21H26ClNO/c1-21(17-7-4-3-5-8-17,18-10-12-19(22)13-11-18)24-16-14-20-9-6-15-23(20)2/h3-5,7-8,10-13,20H,6,9,14-16H2,1-2H3/t20-,21?/m1/s1/i2D3,14D2,16D2. The molecule has 1 fully saturated rings. The normalized spacial score (nSPS) is 26.9. The quantitative estimate of drug-likeness (QED) is 0.718. The van der Waals surface area contributed by atoms with Gasteiger partial charge in [-0.2, -0.15) is 0 Å². The molecule has 2 atom stereocenters. The van der Waals surface area contributed by atoms with Crippen molar-refractivity contribution in [2.24, 2.45) is 0 Å². The number of nitrogens with zero attached hydrogens (tertiary/aromatic N) is 1. The van der Waals surface area contributed by atoms with Crippen LogP contribution in [0.1, 0.15) is 46.9 Å². The van der Waals surface area contributed by atoms with Crippen LogP contribution in [0.2, 0.25) is 5.02 Å². The summed E-state index contributed by atoms with van der Waals surface area (Å²) in [5.74, 6) is 0. The molecule has 1 aliphatic rings. The van der Waals surface area contributed by atoms with Gasteiger partial charge in [0.2, 0.25) is 0 Å². The first-order valence-corrected chi connectivity index (χ1v) is 8.45. The zero-order chi connectivity index (χ0) is 23.1. The maximum absolute atomic E-state index is 8.63. The smallest absolute Gasteiger partial charge is 0.115 e. The Kier molecular flexibility index (Phi) is 3.40. The van der Waals surface area contributed by atoms with Gasteiger partial charge in [-0.25, -0.2) is 0 Å². The number of ether oxygens (including phenoxy) is 1. The fraction of sp³-hybridized carbons (Fsp3) is 0.429. The van der Waals surface area contributed by atoms with E-state index in [9.17, 15) is 0 Å². The maximum Gasteiger partial charge on any atom is 0.115 e. The predicted molar refractivity (Wildman–Crippen MR) is 101 cm³/mol. The van der Waals surface area contributed by atoms with E-state index in [-0.39, 0.29) is 13.0 Å². The molecule has 2 aromatic carbocycles. The molecule has 1 aliphatic heterocycles. The summed E-state index contributed by atoms with van der Waals surface area (Å²) in [4.78, 5) is 1.07. The molecule has 0 radical (unpaired) electrons. The Morgan fingerprint density at radius 3 is 2.62 bits per heavy atom. The van der Waals surface area contributed by atoms with Crippen molar-refractivity contribution in [3.63, 3.8) is 0 Å². The molecule has 0 N–H and O–H groups in total. The van der Waals surface area contributed by atoms with E-state index in [2.05, 4.69) is 0 Å². The van der Waals surface area contributed by atoms with Gasteiger partial charge in [0.05, 0.1) is 2.74 Å². The van der Waals surface area contributed by atoms with E-state index in [1.165, 1.54) is 0 Å². The molecule has 0 bridgehead atoms. The molecule has 0 saturated carbocycles. The lowest BCUT2D eigenvalue weighted by atomic mass is 9.88. The summed E-state index contributed by atoms with van der Waals surface area (Å²) in [6.45, 7) is -3.45. The second-order valence-electron chi connectivity index (χ2n) is 6.11. The van der Waals surface area contributed by atoms with E-state index in [4.69, 9.17) is 25.9 Å². The first kappa shape index (κ1) is 10.6. The van der Waals surface area contributed by atoms with Gasteiger partial charge in [0.1, 0.15) is 5.60 Å².